The highest BCUT2D eigenvalue weighted by Crippen LogP contribution is 2.30. The highest BCUT2D eigenvalue weighted by atomic mass is 19.4. The molecule has 0 amide bonds. The Morgan fingerprint density at radius 1 is 1.11 bits per heavy atom. The summed E-state index contributed by atoms with van der Waals surface area (Å²) in [6.07, 6.45) is -6.29. The van der Waals surface area contributed by atoms with Crippen molar-refractivity contribution in [2.75, 3.05) is 18.0 Å². The summed E-state index contributed by atoms with van der Waals surface area (Å²) in [6.45, 7) is 0.920. The van der Waals surface area contributed by atoms with Gasteiger partial charge in [0.2, 0.25) is 11.7 Å². The number of fused-ring (bicyclic) bond motifs is 1. The second-order valence-electron chi connectivity index (χ2n) is 6.18. The van der Waals surface area contributed by atoms with Crippen molar-refractivity contribution in [3.8, 4) is 5.88 Å². The molecule has 1 aliphatic rings. The van der Waals surface area contributed by atoms with E-state index in [1.54, 1.807) is 6.07 Å². The molecule has 1 atom stereocenters. The van der Waals surface area contributed by atoms with Gasteiger partial charge in [-0.25, -0.2) is 13.8 Å². The molecule has 1 fully saturated rings. The molecule has 0 aliphatic carbocycles. The lowest BCUT2D eigenvalue weighted by Crippen LogP contribution is -2.26. The van der Waals surface area contributed by atoms with E-state index >= 15 is 0 Å². The second kappa shape index (κ2) is 6.84. The predicted octanol–water partition coefficient (Wildman–Crippen LogP) is 3.13. The van der Waals surface area contributed by atoms with Gasteiger partial charge in [-0.15, -0.1) is 15.3 Å². The number of ether oxygens (including phenoxy) is 1. The third-order valence-corrected chi connectivity index (χ3v) is 4.29. The molecular formula is C16H13F5N6O. The molecule has 0 spiro atoms. The summed E-state index contributed by atoms with van der Waals surface area (Å²) in [4.78, 5) is 5.51. The fourth-order valence-corrected chi connectivity index (χ4v) is 2.92. The number of alkyl halides is 5. The lowest BCUT2D eigenvalue weighted by molar-refractivity contribution is -0.137. The third kappa shape index (κ3) is 3.53. The standard InChI is InChI=1S/C16H13F5N6O/c17-14(18)15-24-23-11-2-3-12(25-27(11)15)26-6-5-10(8-26)28-13-4-1-9(7-22-13)16(19,20)21/h1-4,7,10,14H,5-6,8H2. The van der Waals surface area contributed by atoms with Gasteiger partial charge in [0.1, 0.15) is 11.9 Å². The molecule has 4 rings (SSSR count). The van der Waals surface area contributed by atoms with Crippen molar-refractivity contribution >= 4 is 11.5 Å². The molecule has 0 saturated carbocycles. The number of hydrogen-bond acceptors (Lipinski definition) is 6. The predicted molar refractivity (Wildman–Crippen MR) is 86.2 cm³/mol. The first kappa shape index (κ1) is 18.3. The smallest absolute Gasteiger partial charge is 0.417 e. The Balaban J connectivity index is 1.45. The van der Waals surface area contributed by atoms with Crippen LogP contribution in [0.3, 0.4) is 0 Å². The summed E-state index contributed by atoms with van der Waals surface area (Å²) < 4.78 is 70.3. The van der Waals surface area contributed by atoms with E-state index in [0.29, 0.717) is 25.3 Å². The second-order valence-corrected chi connectivity index (χ2v) is 6.18. The molecule has 0 radical (unpaired) electrons. The lowest BCUT2D eigenvalue weighted by Gasteiger charge is -2.18. The minimum atomic E-state index is -4.46. The van der Waals surface area contributed by atoms with Crippen LogP contribution in [0.25, 0.3) is 5.65 Å². The number of halogens is 5. The highest BCUT2D eigenvalue weighted by Gasteiger charge is 2.31. The molecule has 148 valence electrons. The van der Waals surface area contributed by atoms with Crippen LogP contribution in [0.1, 0.15) is 24.2 Å². The number of aromatic nitrogens is 5. The van der Waals surface area contributed by atoms with Crippen LogP contribution < -0.4 is 9.64 Å². The van der Waals surface area contributed by atoms with Crippen LogP contribution in [0, 0.1) is 0 Å². The van der Waals surface area contributed by atoms with Gasteiger partial charge < -0.3 is 9.64 Å². The monoisotopic (exact) mass is 400 g/mol. The van der Waals surface area contributed by atoms with Crippen molar-refractivity contribution < 1.29 is 26.7 Å². The first-order valence-electron chi connectivity index (χ1n) is 8.26. The molecule has 3 aromatic heterocycles. The van der Waals surface area contributed by atoms with Crippen molar-refractivity contribution in [2.24, 2.45) is 0 Å². The zero-order valence-electron chi connectivity index (χ0n) is 14.1. The van der Waals surface area contributed by atoms with Gasteiger partial charge in [-0.2, -0.15) is 17.7 Å². The number of anilines is 1. The third-order valence-electron chi connectivity index (χ3n) is 4.29. The van der Waals surface area contributed by atoms with E-state index in [1.807, 2.05) is 4.90 Å². The summed E-state index contributed by atoms with van der Waals surface area (Å²) in [5.74, 6) is -0.0134. The van der Waals surface area contributed by atoms with E-state index in [4.69, 9.17) is 4.74 Å². The Morgan fingerprint density at radius 3 is 2.61 bits per heavy atom. The van der Waals surface area contributed by atoms with E-state index in [2.05, 4.69) is 20.3 Å². The molecule has 1 saturated heterocycles. The molecule has 1 aliphatic heterocycles. The summed E-state index contributed by atoms with van der Waals surface area (Å²) in [5, 5.41) is 11.2. The maximum Gasteiger partial charge on any atom is 0.417 e. The minimum Gasteiger partial charge on any atom is -0.472 e. The van der Waals surface area contributed by atoms with Crippen LogP contribution in [0.4, 0.5) is 27.8 Å². The Labute approximate surface area is 154 Å². The number of hydrogen-bond donors (Lipinski definition) is 0. The SMILES string of the molecule is FC(F)c1nnc2ccc(N3CCC(Oc4ccc(C(F)(F)F)cn4)C3)nn12. The van der Waals surface area contributed by atoms with Crippen LogP contribution in [0.15, 0.2) is 30.5 Å². The van der Waals surface area contributed by atoms with Gasteiger partial charge in [-0.1, -0.05) is 0 Å². The van der Waals surface area contributed by atoms with Crippen LogP contribution in [0.5, 0.6) is 5.88 Å². The van der Waals surface area contributed by atoms with Gasteiger partial charge >= 0.3 is 6.18 Å². The topological polar surface area (TPSA) is 68.4 Å². The summed E-state index contributed by atoms with van der Waals surface area (Å²) in [7, 11) is 0. The quantitative estimate of drug-likeness (QED) is 0.627. The Morgan fingerprint density at radius 2 is 1.93 bits per heavy atom. The van der Waals surface area contributed by atoms with Crippen molar-refractivity contribution in [1.82, 2.24) is 24.8 Å². The maximum absolute atomic E-state index is 13.0. The first-order chi connectivity index (χ1) is 13.3. The van der Waals surface area contributed by atoms with E-state index in [-0.39, 0.29) is 17.6 Å². The van der Waals surface area contributed by atoms with Gasteiger partial charge in [0.15, 0.2) is 5.65 Å². The van der Waals surface area contributed by atoms with E-state index in [9.17, 15) is 22.0 Å². The van der Waals surface area contributed by atoms with Gasteiger partial charge in [0.25, 0.3) is 6.43 Å². The molecule has 7 nitrogen and oxygen atoms in total. The molecule has 1 unspecified atom stereocenters. The van der Waals surface area contributed by atoms with Crippen molar-refractivity contribution in [1.29, 1.82) is 0 Å². The summed E-state index contributed by atoms with van der Waals surface area (Å²) in [6, 6.07) is 5.25. The number of nitrogens with zero attached hydrogens (tertiary/aromatic N) is 6. The molecular weight excluding hydrogens is 387 g/mol. The maximum atomic E-state index is 13.0. The largest absolute Gasteiger partial charge is 0.472 e. The highest BCUT2D eigenvalue weighted by molar-refractivity contribution is 5.46. The molecule has 0 bridgehead atoms. The van der Waals surface area contributed by atoms with Gasteiger partial charge in [0, 0.05) is 25.2 Å². The molecule has 0 N–H and O–H groups in total. The average molecular weight is 400 g/mol. The van der Waals surface area contributed by atoms with Crippen LogP contribution in [0.2, 0.25) is 0 Å². The zero-order valence-corrected chi connectivity index (χ0v) is 14.1. The molecule has 4 heterocycles. The fraction of sp³-hybridized carbons (Fsp3) is 0.375. The van der Waals surface area contributed by atoms with Crippen molar-refractivity contribution in [3.05, 3.63) is 41.9 Å². The zero-order chi connectivity index (χ0) is 19.9. The van der Waals surface area contributed by atoms with Crippen molar-refractivity contribution in [3.63, 3.8) is 0 Å². The minimum absolute atomic E-state index is 0.0852. The lowest BCUT2D eigenvalue weighted by atomic mass is 10.3. The number of rotatable bonds is 4. The van der Waals surface area contributed by atoms with E-state index in [1.165, 1.54) is 12.1 Å². The van der Waals surface area contributed by atoms with Crippen molar-refractivity contribution in [2.45, 2.75) is 25.1 Å². The Kier molecular flexibility index (Phi) is 4.47. The Hall–Kier alpha value is -3.05. The normalized spacial score (nSPS) is 17.6. The van der Waals surface area contributed by atoms with Gasteiger partial charge in [0.05, 0.1) is 12.1 Å². The van der Waals surface area contributed by atoms with Crippen LogP contribution >= 0.6 is 0 Å². The average Bonchev–Trinajstić information content (AvgIpc) is 3.27. The van der Waals surface area contributed by atoms with Crippen LogP contribution in [-0.4, -0.2) is 44.0 Å². The van der Waals surface area contributed by atoms with E-state index < -0.39 is 24.0 Å². The number of pyridine rings is 1. The molecule has 3 aromatic rings. The van der Waals surface area contributed by atoms with Gasteiger partial charge in [-0.05, 0) is 18.2 Å². The molecule has 0 aromatic carbocycles. The summed E-state index contributed by atoms with van der Waals surface area (Å²) >= 11 is 0. The van der Waals surface area contributed by atoms with Crippen LogP contribution in [-0.2, 0) is 6.18 Å². The Bertz CT molecular complexity index is 974. The van der Waals surface area contributed by atoms with Gasteiger partial charge in [-0.3, -0.25) is 0 Å². The fourth-order valence-electron chi connectivity index (χ4n) is 2.92. The summed E-state index contributed by atoms with van der Waals surface area (Å²) in [5.41, 5.74) is -0.644. The van der Waals surface area contributed by atoms with E-state index in [0.717, 1.165) is 16.8 Å². The molecule has 28 heavy (non-hydrogen) atoms. The first-order valence-corrected chi connectivity index (χ1v) is 8.26. The molecule has 12 heteroatoms.